The third-order valence-electron chi connectivity index (χ3n) is 2.89. The molecule has 0 aromatic heterocycles. The first kappa shape index (κ1) is 7.88. The molecule has 0 aromatic rings. The summed E-state index contributed by atoms with van der Waals surface area (Å²) in [4.78, 5) is 0. The molecule has 3 unspecified atom stereocenters. The summed E-state index contributed by atoms with van der Waals surface area (Å²) in [5.41, 5.74) is 0. The molecule has 0 amide bonds. The zero-order valence-electron chi connectivity index (χ0n) is 6.92. The topological polar surface area (TPSA) is 9.23 Å². The molecule has 2 aliphatic rings. The van der Waals surface area contributed by atoms with Crippen molar-refractivity contribution in [3.63, 3.8) is 0 Å². The molecule has 1 aliphatic carbocycles. The van der Waals surface area contributed by atoms with Gasteiger partial charge in [0.15, 0.2) is 0 Å². The van der Waals surface area contributed by atoms with Crippen LogP contribution in [0.3, 0.4) is 0 Å². The number of hydrogen-bond acceptors (Lipinski definition) is 1. The monoisotopic (exact) mass is 174 g/mol. The second-order valence-corrected chi connectivity index (χ2v) is 4.51. The number of halogens is 1. The smallest absolute Gasteiger partial charge is 0.0608 e. The Balaban J connectivity index is 1.97. The van der Waals surface area contributed by atoms with E-state index in [0.717, 1.165) is 12.3 Å². The van der Waals surface area contributed by atoms with Crippen LogP contribution in [0.1, 0.15) is 32.6 Å². The van der Waals surface area contributed by atoms with Gasteiger partial charge in [-0.3, -0.25) is 0 Å². The Hall–Kier alpha value is 0.250. The van der Waals surface area contributed by atoms with Gasteiger partial charge in [0, 0.05) is 5.38 Å². The lowest BCUT2D eigenvalue weighted by molar-refractivity contribution is 0.0278. The van der Waals surface area contributed by atoms with Crippen LogP contribution in [0.4, 0.5) is 0 Å². The minimum atomic E-state index is 0.421. The molecule has 11 heavy (non-hydrogen) atoms. The van der Waals surface area contributed by atoms with Gasteiger partial charge in [-0.15, -0.1) is 11.6 Å². The maximum atomic E-state index is 6.08. The van der Waals surface area contributed by atoms with Crippen molar-refractivity contribution in [3.8, 4) is 0 Å². The second-order valence-electron chi connectivity index (χ2n) is 3.89. The first-order valence-electron chi connectivity index (χ1n) is 4.55. The Morgan fingerprint density at radius 3 is 2.91 bits per heavy atom. The van der Waals surface area contributed by atoms with Gasteiger partial charge in [-0.2, -0.15) is 0 Å². The Labute approximate surface area is 73.1 Å². The number of rotatable bonds is 0. The van der Waals surface area contributed by atoms with Crippen molar-refractivity contribution >= 4 is 11.6 Å². The van der Waals surface area contributed by atoms with Crippen molar-refractivity contribution < 1.29 is 4.74 Å². The van der Waals surface area contributed by atoms with Crippen molar-refractivity contribution in [1.82, 2.24) is 0 Å². The Bertz CT molecular complexity index is 148. The fraction of sp³-hybridized carbons (Fsp3) is 1.00. The second kappa shape index (κ2) is 2.95. The quantitative estimate of drug-likeness (QED) is 0.513. The Kier molecular flexibility index (Phi) is 2.11. The minimum Gasteiger partial charge on any atom is -0.375 e. The third kappa shape index (κ3) is 1.54. The van der Waals surface area contributed by atoms with Gasteiger partial charge in [-0.05, 0) is 38.5 Å². The van der Waals surface area contributed by atoms with E-state index in [-0.39, 0.29) is 0 Å². The van der Waals surface area contributed by atoms with E-state index in [0.29, 0.717) is 17.6 Å². The first-order valence-corrected chi connectivity index (χ1v) is 4.99. The highest BCUT2D eigenvalue weighted by atomic mass is 35.5. The summed E-state index contributed by atoms with van der Waals surface area (Å²) in [5, 5.41) is 0.421. The van der Waals surface area contributed by atoms with Crippen LogP contribution in [0.15, 0.2) is 0 Å². The molecule has 1 heterocycles. The molecule has 0 aromatic carbocycles. The van der Waals surface area contributed by atoms with E-state index < -0.39 is 0 Å². The zero-order chi connectivity index (χ0) is 7.84. The summed E-state index contributed by atoms with van der Waals surface area (Å²) in [7, 11) is 0. The van der Waals surface area contributed by atoms with Crippen molar-refractivity contribution in [2.24, 2.45) is 5.92 Å². The average molecular weight is 175 g/mol. The molecule has 1 saturated carbocycles. The van der Waals surface area contributed by atoms with Crippen LogP contribution >= 0.6 is 11.6 Å². The molecular formula is C9H15ClO. The molecule has 2 fully saturated rings. The van der Waals surface area contributed by atoms with E-state index in [1.165, 1.54) is 19.3 Å². The largest absolute Gasteiger partial charge is 0.375 e. The molecule has 1 saturated heterocycles. The lowest BCUT2D eigenvalue weighted by Gasteiger charge is -2.26. The van der Waals surface area contributed by atoms with E-state index in [1.807, 2.05) is 0 Å². The highest BCUT2D eigenvalue weighted by Gasteiger charge is 2.37. The number of ether oxygens (including phenoxy) is 1. The van der Waals surface area contributed by atoms with Gasteiger partial charge in [-0.25, -0.2) is 0 Å². The van der Waals surface area contributed by atoms with Crippen LogP contribution in [0.2, 0.25) is 0 Å². The summed E-state index contributed by atoms with van der Waals surface area (Å²) >= 11 is 6.08. The molecule has 2 rings (SSSR count). The molecule has 0 radical (unpaired) electrons. The van der Waals surface area contributed by atoms with Crippen LogP contribution in [0.25, 0.3) is 0 Å². The first-order chi connectivity index (χ1) is 5.25. The maximum Gasteiger partial charge on any atom is 0.0608 e. The summed E-state index contributed by atoms with van der Waals surface area (Å²) in [6.07, 6.45) is 5.76. The van der Waals surface area contributed by atoms with Gasteiger partial charge in [0.25, 0.3) is 0 Å². The molecule has 1 nitrogen and oxygen atoms in total. The van der Waals surface area contributed by atoms with E-state index in [2.05, 4.69) is 6.92 Å². The summed E-state index contributed by atoms with van der Waals surface area (Å²) in [6.45, 7) is 2.17. The molecule has 64 valence electrons. The molecular weight excluding hydrogens is 160 g/mol. The predicted octanol–water partition coefficient (Wildman–Crippen LogP) is 2.57. The van der Waals surface area contributed by atoms with Gasteiger partial charge in [-0.1, -0.05) is 0 Å². The molecule has 0 bridgehead atoms. The molecule has 4 atom stereocenters. The van der Waals surface area contributed by atoms with Crippen molar-refractivity contribution in [3.05, 3.63) is 0 Å². The van der Waals surface area contributed by atoms with Gasteiger partial charge >= 0.3 is 0 Å². The van der Waals surface area contributed by atoms with Gasteiger partial charge in [0.1, 0.15) is 0 Å². The number of hydrogen-bond donors (Lipinski definition) is 0. The highest BCUT2D eigenvalue weighted by molar-refractivity contribution is 6.20. The van der Waals surface area contributed by atoms with Crippen LogP contribution in [-0.2, 0) is 4.74 Å². The minimum absolute atomic E-state index is 0.421. The summed E-state index contributed by atoms with van der Waals surface area (Å²) in [5.74, 6) is 0.765. The van der Waals surface area contributed by atoms with E-state index in [4.69, 9.17) is 16.3 Å². The highest BCUT2D eigenvalue weighted by Crippen LogP contribution is 2.38. The van der Waals surface area contributed by atoms with E-state index in [9.17, 15) is 0 Å². The molecule has 0 spiro atoms. The normalized spacial score (nSPS) is 50.7. The molecule has 2 heteroatoms. The van der Waals surface area contributed by atoms with Gasteiger partial charge in [0.05, 0.1) is 12.2 Å². The fourth-order valence-corrected chi connectivity index (χ4v) is 2.74. The Morgan fingerprint density at radius 2 is 2.09 bits per heavy atom. The lowest BCUT2D eigenvalue weighted by Crippen LogP contribution is -2.25. The van der Waals surface area contributed by atoms with E-state index in [1.54, 1.807) is 0 Å². The van der Waals surface area contributed by atoms with Crippen LogP contribution in [0.5, 0.6) is 0 Å². The maximum absolute atomic E-state index is 6.08. The SMILES string of the molecule is CC1C[C@@H]2CC(Cl)CCC2O1. The summed E-state index contributed by atoms with van der Waals surface area (Å²) < 4.78 is 5.75. The molecule has 0 N–H and O–H groups in total. The average Bonchev–Trinajstić information content (AvgIpc) is 2.27. The van der Waals surface area contributed by atoms with Crippen molar-refractivity contribution in [1.29, 1.82) is 0 Å². The van der Waals surface area contributed by atoms with Gasteiger partial charge in [0.2, 0.25) is 0 Å². The van der Waals surface area contributed by atoms with Crippen LogP contribution < -0.4 is 0 Å². The van der Waals surface area contributed by atoms with Crippen molar-refractivity contribution in [2.45, 2.75) is 50.2 Å². The number of alkyl halides is 1. The third-order valence-corrected chi connectivity index (χ3v) is 3.29. The zero-order valence-corrected chi connectivity index (χ0v) is 7.68. The van der Waals surface area contributed by atoms with E-state index >= 15 is 0 Å². The lowest BCUT2D eigenvalue weighted by atomic mass is 9.85. The number of fused-ring (bicyclic) bond motifs is 1. The van der Waals surface area contributed by atoms with Crippen molar-refractivity contribution in [2.75, 3.05) is 0 Å². The molecule has 1 aliphatic heterocycles. The predicted molar refractivity (Wildman–Crippen MR) is 45.9 cm³/mol. The van der Waals surface area contributed by atoms with Gasteiger partial charge < -0.3 is 4.74 Å². The fourth-order valence-electron chi connectivity index (χ4n) is 2.39. The van der Waals surface area contributed by atoms with Crippen LogP contribution in [-0.4, -0.2) is 17.6 Å². The summed E-state index contributed by atoms with van der Waals surface area (Å²) in [6, 6.07) is 0. The van der Waals surface area contributed by atoms with Crippen LogP contribution in [0, 0.1) is 5.92 Å². The standard InChI is InChI=1S/C9H15ClO/c1-6-4-7-5-8(10)2-3-9(7)11-6/h6-9H,2-5H2,1H3/t6?,7-,8?,9?/m1/s1. The Morgan fingerprint density at radius 1 is 1.27 bits per heavy atom.